The minimum absolute atomic E-state index is 0.0833. The molecule has 0 unspecified atom stereocenters. The highest BCUT2D eigenvalue weighted by atomic mass is 35.5. The molecule has 138 valence electrons. The minimum atomic E-state index is -0.159. The molecule has 4 rings (SSSR count). The molecule has 0 N–H and O–H groups in total. The van der Waals surface area contributed by atoms with Gasteiger partial charge in [-0.1, -0.05) is 35.9 Å². The molecule has 0 bridgehead atoms. The topological polar surface area (TPSA) is 47.4 Å². The number of amides is 1. The minimum Gasteiger partial charge on any atom is -0.492 e. The van der Waals surface area contributed by atoms with Crippen molar-refractivity contribution in [1.29, 1.82) is 0 Å². The molecule has 1 amide bonds. The van der Waals surface area contributed by atoms with Crippen molar-refractivity contribution in [3.05, 3.63) is 77.1 Å². The fraction of sp³-hybridized carbons (Fsp3) is 0.238. The van der Waals surface area contributed by atoms with Gasteiger partial charge in [0.2, 0.25) is 5.91 Å². The fourth-order valence-corrected chi connectivity index (χ4v) is 3.54. The van der Waals surface area contributed by atoms with Crippen molar-refractivity contribution >= 4 is 17.5 Å². The molecule has 3 aromatic rings. The summed E-state index contributed by atoms with van der Waals surface area (Å²) < 4.78 is 7.52. The second-order valence-electron chi connectivity index (χ2n) is 6.79. The second-order valence-corrected chi connectivity index (χ2v) is 7.22. The van der Waals surface area contributed by atoms with Gasteiger partial charge in [0.25, 0.3) is 0 Å². The monoisotopic (exact) mass is 381 g/mol. The smallest absolute Gasteiger partial charge is 0.229 e. The highest BCUT2D eigenvalue weighted by Gasteiger charge is 2.28. The fourth-order valence-electron chi connectivity index (χ4n) is 3.35. The van der Waals surface area contributed by atoms with Gasteiger partial charge >= 0.3 is 0 Å². The Kier molecular flexibility index (Phi) is 4.86. The predicted octanol–water partition coefficient (Wildman–Crippen LogP) is 3.74. The van der Waals surface area contributed by atoms with Crippen LogP contribution in [-0.4, -0.2) is 34.2 Å². The van der Waals surface area contributed by atoms with Crippen LogP contribution in [0.4, 0.5) is 0 Å². The number of carbonyl (C=O) groups excluding carboxylic acids is 1. The molecule has 6 heteroatoms. The van der Waals surface area contributed by atoms with Gasteiger partial charge in [-0.05, 0) is 36.2 Å². The summed E-state index contributed by atoms with van der Waals surface area (Å²) in [7, 11) is 1.82. The molecular formula is C21H20ClN3O2. The van der Waals surface area contributed by atoms with E-state index in [1.54, 1.807) is 15.8 Å². The van der Waals surface area contributed by atoms with Crippen molar-refractivity contribution in [2.75, 3.05) is 13.7 Å². The van der Waals surface area contributed by atoms with E-state index in [0.29, 0.717) is 24.6 Å². The zero-order valence-corrected chi connectivity index (χ0v) is 15.8. The maximum absolute atomic E-state index is 12.8. The van der Waals surface area contributed by atoms with E-state index in [-0.39, 0.29) is 11.8 Å². The van der Waals surface area contributed by atoms with Crippen LogP contribution in [0, 0.1) is 5.92 Å². The average Bonchev–Trinajstić information content (AvgIpc) is 3.15. The Morgan fingerprint density at radius 3 is 3.00 bits per heavy atom. The third-order valence-electron chi connectivity index (χ3n) is 4.73. The molecule has 5 nitrogen and oxygen atoms in total. The van der Waals surface area contributed by atoms with E-state index in [1.807, 2.05) is 61.8 Å². The lowest BCUT2D eigenvalue weighted by Crippen LogP contribution is -2.38. The first kappa shape index (κ1) is 17.6. The van der Waals surface area contributed by atoms with Gasteiger partial charge in [-0.25, -0.2) is 4.68 Å². The summed E-state index contributed by atoms with van der Waals surface area (Å²) in [6.45, 7) is 0.916. The largest absolute Gasteiger partial charge is 0.492 e. The molecule has 0 aliphatic carbocycles. The van der Waals surface area contributed by atoms with Crippen molar-refractivity contribution in [2.24, 2.45) is 5.92 Å². The first-order chi connectivity index (χ1) is 13.1. The Morgan fingerprint density at radius 1 is 1.30 bits per heavy atom. The van der Waals surface area contributed by atoms with Gasteiger partial charge in [0.05, 0.1) is 17.8 Å². The van der Waals surface area contributed by atoms with E-state index in [9.17, 15) is 4.79 Å². The maximum Gasteiger partial charge on any atom is 0.229 e. The number of aromatic nitrogens is 2. The van der Waals surface area contributed by atoms with E-state index in [2.05, 4.69) is 5.10 Å². The zero-order valence-electron chi connectivity index (χ0n) is 15.0. The molecule has 0 spiro atoms. The molecule has 0 fully saturated rings. The summed E-state index contributed by atoms with van der Waals surface area (Å²) >= 11 is 6.04. The van der Waals surface area contributed by atoms with Gasteiger partial charge in [-0.15, -0.1) is 0 Å². The first-order valence-electron chi connectivity index (χ1n) is 8.85. The van der Waals surface area contributed by atoms with E-state index in [0.717, 1.165) is 22.6 Å². The lowest BCUT2D eigenvalue weighted by atomic mass is 9.95. The number of carbonyl (C=O) groups is 1. The Hall–Kier alpha value is -2.79. The molecule has 2 aromatic carbocycles. The number of hydrogen-bond acceptors (Lipinski definition) is 3. The number of ether oxygens (including phenoxy) is 1. The number of fused-ring (bicyclic) bond motifs is 1. The van der Waals surface area contributed by atoms with Crippen LogP contribution in [0.5, 0.6) is 5.75 Å². The van der Waals surface area contributed by atoms with E-state index in [1.165, 1.54) is 0 Å². The SMILES string of the molecule is CN(Cc1cnn(-c2cccc(Cl)c2)c1)C(=O)[C@@H]1COc2ccccc2C1. The molecule has 1 atom stereocenters. The average molecular weight is 382 g/mol. The van der Waals surface area contributed by atoms with Crippen LogP contribution in [0.3, 0.4) is 0 Å². The summed E-state index contributed by atoms with van der Waals surface area (Å²) in [5, 5.41) is 5.04. The number of hydrogen-bond donors (Lipinski definition) is 0. The van der Waals surface area contributed by atoms with Crippen molar-refractivity contribution in [3.63, 3.8) is 0 Å². The molecule has 1 aliphatic rings. The number of para-hydroxylation sites is 1. The number of benzene rings is 2. The second kappa shape index (κ2) is 7.45. The van der Waals surface area contributed by atoms with Gasteiger partial charge in [0, 0.05) is 30.4 Å². The van der Waals surface area contributed by atoms with Crippen LogP contribution >= 0.6 is 11.6 Å². The molecule has 1 aliphatic heterocycles. The van der Waals surface area contributed by atoms with E-state index in [4.69, 9.17) is 16.3 Å². The molecule has 0 radical (unpaired) electrons. The molecular weight excluding hydrogens is 362 g/mol. The van der Waals surface area contributed by atoms with E-state index < -0.39 is 0 Å². The summed E-state index contributed by atoms with van der Waals surface area (Å²) in [5.41, 5.74) is 2.94. The molecule has 2 heterocycles. The Bertz CT molecular complexity index is 969. The lowest BCUT2D eigenvalue weighted by Gasteiger charge is -2.28. The lowest BCUT2D eigenvalue weighted by molar-refractivity contribution is -0.136. The summed E-state index contributed by atoms with van der Waals surface area (Å²) in [6, 6.07) is 15.4. The molecule has 0 saturated carbocycles. The van der Waals surface area contributed by atoms with Gasteiger partial charge in [0.1, 0.15) is 12.4 Å². The summed E-state index contributed by atoms with van der Waals surface area (Å²) in [5.74, 6) is 0.805. The Morgan fingerprint density at radius 2 is 2.15 bits per heavy atom. The maximum atomic E-state index is 12.8. The van der Waals surface area contributed by atoms with Crippen LogP contribution in [0.15, 0.2) is 60.9 Å². The summed E-state index contributed by atoms with van der Waals surface area (Å²) in [6.07, 6.45) is 4.40. The van der Waals surface area contributed by atoms with E-state index >= 15 is 0 Å². The van der Waals surface area contributed by atoms with Crippen LogP contribution in [0.2, 0.25) is 5.02 Å². The van der Waals surface area contributed by atoms with Crippen molar-refractivity contribution in [1.82, 2.24) is 14.7 Å². The predicted molar refractivity (Wildman–Crippen MR) is 104 cm³/mol. The van der Waals surface area contributed by atoms with Gasteiger partial charge in [0.15, 0.2) is 0 Å². The van der Waals surface area contributed by atoms with Crippen LogP contribution in [-0.2, 0) is 17.8 Å². The van der Waals surface area contributed by atoms with Crippen LogP contribution < -0.4 is 4.74 Å². The number of nitrogens with zero attached hydrogens (tertiary/aromatic N) is 3. The molecule has 0 saturated heterocycles. The highest BCUT2D eigenvalue weighted by molar-refractivity contribution is 6.30. The standard InChI is InChI=1S/C21H20ClN3O2/c1-24(21(26)17-9-16-5-2-3-8-20(16)27-14-17)12-15-11-23-25(13-15)19-7-4-6-18(22)10-19/h2-8,10-11,13,17H,9,12,14H2,1H3/t17-/m0/s1. The normalized spacial score (nSPS) is 15.7. The summed E-state index contributed by atoms with van der Waals surface area (Å²) in [4.78, 5) is 14.6. The van der Waals surface area contributed by atoms with Gasteiger partial charge in [-0.2, -0.15) is 5.10 Å². The van der Waals surface area contributed by atoms with Crippen molar-refractivity contribution < 1.29 is 9.53 Å². The van der Waals surface area contributed by atoms with Gasteiger partial charge in [-0.3, -0.25) is 4.79 Å². The zero-order chi connectivity index (χ0) is 18.8. The van der Waals surface area contributed by atoms with Crippen molar-refractivity contribution in [2.45, 2.75) is 13.0 Å². The first-order valence-corrected chi connectivity index (χ1v) is 9.23. The Labute approximate surface area is 163 Å². The Balaban J connectivity index is 1.42. The molecule has 1 aromatic heterocycles. The highest BCUT2D eigenvalue weighted by Crippen LogP contribution is 2.27. The van der Waals surface area contributed by atoms with Crippen molar-refractivity contribution in [3.8, 4) is 11.4 Å². The third kappa shape index (κ3) is 3.83. The number of rotatable bonds is 4. The number of halogens is 1. The van der Waals surface area contributed by atoms with Crippen LogP contribution in [0.1, 0.15) is 11.1 Å². The molecule has 27 heavy (non-hydrogen) atoms. The third-order valence-corrected chi connectivity index (χ3v) is 4.97. The van der Waals surface area contributed by atoms with Crippen LogP contribution in [0.25, 0.3) is 5.69 Å². The van der Waals surface area contributed by atoms with Gasteiger partial charge < -0.3 is 9.64 Å². The quantitative estimate of drug-likeness (QED) is 0.691.